The van der Waals surface area contributed by atoms with Crippen molar-refractivity contribution in [1.82, 2.24) is 4.90 Å². The lowest BCUT2D eigenvalue weighted by Gasteiger charge is -2.34. The Morgan fingerprint density at radius 3 is 2.96 bits per heavy atom. The number of nitrogens with zero attached hydrogens (tertiary/aromatic N) is 3. The van der Waals surface area contributed by atoms with Crippen molar-refractivity contribution in [2.75, 3.05) is 31.1 Å². The fourth-order valence-electron chi connectivity index (χ4n) is 3.65. The molecule has 7 nitrogen and oxygen atoms in total. The molecule has 2 unspecified atom stereocenters. The zero-order valence-corrected chi connectivity index (χ0v) is 13.9. The molecule has 0 aliphatic carbocycles. The molecule has 1 N–H and O–H groups in total. The molecule has 3 rings (SSSR count). The number of amides is 1. The number of hydrogen-bond acceptors (Lipinski definition) is 5. The van der Waals surface area contributed by atoms with E-state index in [2.05, 4.69) is 4.90 Å². The smallest absolute Gasteiger partial charge is 0.271 e. The number of fused-ring (bicyclic) bond motifs is 1. The van der Waals surface area contributed by atoms with Gasteiger partial charge in [-0.3, -0.25) is 19.8 Å². The van der Waals surface area contributed by atoms with Crippen molar-refractivity contribution in [3.05, 3.63) is 33.9 Å². The summed E-state index contributed by atoms with van der Waals surface area (Å²) in [4.78, 5) is 27.0. The summed E-state index contributed by atoms with van der Waals surface area (Å²) < 4.78 is 0. The molecular formula is C17H23N3O4. The summed E-state index contributed by atoms with van der Waals surface area (Å²) >= 11 is 0. The average molecular weight is 333 g/mol. The van der Waals surface area contributed by atoms with Crippen LogP contribution in [0.3, 0.4) is 0 Å². The number of aliphatic hydroxyl groups is 1. The van der Waals surface area contributed by atoms with Crippen LogP contribution in [0.2, 0.25) is 0 Å². The Morgan fingerprint density at radius 2 is 2.25 bits per heavy atom. The fraction of sp³-hybridized carbons (Fsp3) is 0.588. The first-order chi connectivity index (χ1) is 11.5. The highest BCUT2D eigenvalue weighted by Crippen LogP contribution is 2.32. The zero-order chi connectivity index (χ0) is 17.3. The van der Waals surface area contributed by atoms with Gasteiger partial charge in [-0.2, -0.15) is 0 Å². The standard InChI is InChI=1S/C17H23N3O4/c1-12(21)14-3-2-7-18(10-14)11-17(22)19-8-6-13-4-5-15(20(23)24)9-16(13)19/h4-5,9,12,14,21H,2-3,6-8,10-11H2,1H3. The Kier molecular flexibility index (Phi) is 4.82. The molecule has 7 heteroatoms. The van der Waals surface area contributed by atoms with E-state index in [0.717, 1.165) is 37.9 Å². The number of rotatable bonds is 4. The highest BCUT2D eigenvalue weighted by atomic mass is 16.6. The minimum Gasteiger partial charge on any atom is -0.393 e. The second-order valence-electron chi connectivity index (χ2n) is 6.74. The van der Waals surface area contributed by atoms with E-state index in [4.69, 9.17) is 0 Å². The maximum atomic E-state index is 12.7. The molecule has 0 bridgehead atoms. The van der Waals surface area contributed by atoms with Gasteiger partial charge in [0.15, 0.2) is 0 Å². The summed E-state index contributed by atoms with van der Waals surface area (Å²) in [5, 5.41) is 20.7. The third-order valence-electron chi connectivity index (χ3n) is 5.06. The van der Waals surface area contributed by atoms with E-state index < -0.39 is 4.92 Å². The number of non-ortho nitro benzene ring substituents is 1. The summed E-state index contributed by atoms with van der Waals surface area (Å²) in [6.45, 7) is 4.24. The molecular weight excluding hydrogens is 310 g/mol. The summed E-state index contributed by atoms with van der Waals surface area (Å²) in [6, 6.07) is 4.73. The summed E-state index contributed by atoms with van der Waals surface area (Å²) in [7, 11) is 0. The number of anilines is 1. The monoisotopic (exact) mass is 333 g/mol. The number of hydrogen-bond donors (Lipinski definition) is 1. The van der Waals surface area contributed by atoms with E-state index in [-0.39, 0.29) is 23.6 Å². The molecule has 1 fully saturated rings. The zero-order valence-electron chi connectivity index (χ0n) is 13.9. The molecule has 1 saturated heterocycles. The number of carbonyl (C=O) groups excluding carboxylic acids is 1. The summed E-state index contributed by atoms with van der Waals surface area (Å²) in [5.74, 6) is 0.180. The number of likely N-dealkylation sites (tertiary alicyclic amines) is 1. The van der Waals surface area contributed by atoms with Crippen molar-refractivity contribution in [1.29, 1.82) is 0 Å². The molecule has 1 aromatic carbocycles. The van der Waals surface area contributed by atoms with Crippen molar-refractivity contribution in [2.24, 2.45) is 5.92 Å². The average Bonchev–Trinajstić information content (AvgIpc) is 2.98. The SMILES string of the molecule is CC(O)C1CCCN(CC(=O)N2CCc3ccc([N+](=O)[O-])cc32)C1. The van der Waals surface area contributed by atoms with E-state index in [0.29, 0.717) is 18.8 Å². The first kappa shape index (κ1) is 16.9. The van der Waals surface area contributed by atoms with Gasteiger partial charge in [-0.15, -0.1) is 0 Å². The maximum Gasteiger partial charge on any atom is 0.271 e. The Morgan fingerprint density at radius 1 is 1.46 bits per heavy atom. The lowest BCUT2D eigenvalue weighted by atomic mass is 9.93. The van der Waals surface area contributed by atoms with Crippen LogP contribution in [0, 0.1) is 16.0 Å². The topological polar surface area (TPSA) is 86.9 Å². The van der Waals surface area contributed by atoms with Crippen molar-refractivity contribution in [3.63, 3.8) is 0 Å². The van der Waals surface area contributed by atoms with Gasteiger partial charge in [0.2, 0.25) is 5.91 Å². The molecule has 24 heavy (non-hydrogen) atoms. The minimum absolute atomic E-state index is 0.0144. The summed E-state index contributed by atoms with van der Waals surface area (Å²) in [6.07, 6.45) is 2.33. The quantitative estimate of drug-likeness (QED) is 0.668. The third-order valence-corrected chi connectivity index (χ3v) is 5.06. The molecule has 2 heterocycles. The van der Waals surface area contributed by atoms with Crippen LogP contribution in [-0.2, 0) is 11.2 Å². The second-order valence-corrected chi connectivity index (χ2v) is 6.74. The van der Waals surface area contributed by atoms with Gasteiger partial charge in [0.1, 0.15) is 0 Å². The van der Waals surface area contributed by atoms with Gasteiger partial charge in [0.05, 0.1) is 23.3 Å². The second kappa shape index (κ2) is 6.86. The van der Waals surface area contributed by atoms with Crippen LogP contribution in [0.5, 0.6) is 0 Å². The maximum absolute atomic E-state index is 12.7. The number of benzene rings is 1. The van der Waals surface area contributed by atoms with E-state index >= 15 is 0 Å². The van der Waals surface area contributed by atoms with Gasteiger partial charge in [-0.1, -0.05) is 6.07 Å². The van der Waals surface area contributed by atoms with Crippen LogP contribution in [0.1, 0.15) is 25.3 Å². The molecule has 0 saturated carbocycles. The van der Waals surface area contributed by atoms with Crippen LogP contribution in [-0.4, -0.2) is 53.1 Å². The molecule has 1 aromatic rings. The van der Waals surface area contributed by atoms with E-state index in [1.165, 1.54) is 12.1 Å². The predicted molar refractivity (Wildman–Crippen MR) is 90.0 cm³/mol. The van der Waals surface area contributed by atoms with E-state index in [1.54, 1.807) is 17.9 Å². The molecule has 0 aromatic heterocycles. The lowest BCUT2D eigenvalue weighted by molar-refractivity contribution is -0.384. The highest BCUT2D eigenvalue weighted by Gasteiger charge is 2.30. The molecule has 2 atom stereocenters. The molecule has 130 valence electrons. The predicted octanol–water partition coefficient (Wildman–Crippen LogP) is 1.58. The normalized spacial score (nSPS) is 22.2. The Balaban J connectivity index is 1.69. The number of carbonyl (C=O) groups is 1. The first-order valence-corrected chi connectivity index (χ1v) is 8.44. The molecule has 1 amide bonds. The van der Waals surface area contributed by atoms with Crippen LogP contribution >= 0.6 is 0 Å². The van der Waals surface area contributed by atoms with Crippen LogP contribution < -0.4 is 4.90 Å². The molecule has 0 radical (unpaired) electrons. The number of nitro benzene ring substituents is 1. The Bertz CT molecular complexity index is 647. The van der Waals surface area contributed by atoms with Gasteiger partial charge in [-0.25, -0.2) is 0 Å². The molecule has 0 spiro atoms. The Labute approximate surface area is 141 Å². The highest BCUT2D eigenvalue weighted by molar-refractivity contribution is 5.97. The number of nitro groups is 1. The van der Waals surface area contributed by atoms with Gasteiger partial charge < -0.3 is 10.0 Å². The third kappa shape index (κ3) is 3.42. The van der Waals surface area contributed by atoms with Crippen molar-refractivity contribution in [2.45, 2.75) is 32.3 Å². The number of piperidine rings is 1. The van der Waals surface area contributed by atoms with Crippen LogP contribution in [0.25, 0.3) is 0 Å². The molecule has 2 aliphatic heterocycles. The van der Waals surface area contributed by atoms with Crippen LogP contribution in [0.4, 0.5) is 11.4 Å². The van der Waals surface area contributed by atoms with E-state index in [1.807, 2.05) is 0 Å². The van der Waals surface area contributed by atoms with Crippen molar-refractivity contribution >= 4 is 17.3 Å². The lowest BCUT2D eigenvalue weighted by Crippen LogP contribution is -2.45. The van der Waals surface area contributed by atoms with Gasteiger partial charge in [-0.05, 0) is 44.2 Å². The minimum atomic E-state index is -0.431. The van der Waals surface area contributed by atoms with Gasteiger partial charge >= 0.3 is 0 Å². The largest absolute Gasteiger partial charge is 0.393 e. The molecule has 2 aliphatic rings. The fourth-order valence-corrected chi connectivity index (χ4v) is 3.65. The van der Waals surface area contributed by atoms with Crippen LogP contribution in [0.15, 0.2) is 18.2 Å². The van der Waals surface area contributed by atoms with Crippen molar-refractivity contribution < 1.29 is 14.8 Å². The van der Waals surface area contributed by atoms with Crippen molar-refractivity contribution in [3.8, 4) is 0 Å². The van der Waals surface area contributed by atoms with Gasteiger partial charge in [0.25, 0.3) is 5.69 Å². The van der Waals surface area contributed by atoms with Gasteiger partial charge in [0, 0.05) is 25.2 Å². The summed E-state index contributed by atoms with van der Waals surface area (Å²) in [5.41, 5.74) is 1.66. The number of aliphatic hydroxyl groups excluding tert-OH is 1. The first-order valence-electron chi connectivity index (χ1n) is 8.44. The van der Waals surface area contributed by atoms with E-state index in [9.17, 15) is 20.0 Å². The Hall–Kier alpha value is -1.99.